The van der Waals surface area contributed by atoms with E-state index in [9.17, 15) is 14.4 Å². The van der Waals surface area contributed by atoms with Gasteiger partial charge in [0, 0.05) is 29.5 Å². The van der Waals surface area contributed by atoms with Gasteiger partial charge in [-0.1, -0.05) is 30.7 Å². The fraction of sp³-hybridized carbons (Fsp3) is 0.269. The van der Waals surface area contributed by atoms with Gasteiger partial charge in [-0.05, 0) is 55.2 Å². The number of hydrogen-bond acceptors (Lipinski definition) is 5. The lowest BCUT2D eigenvalue weighted by Crippen LogP contribution is -2.54. The van der Waals surface area contributed by atoms with Gasteiger partial charge in [0.05, 0.1) is 29.3 Å². The summed E-state index contributed by atoms with van der Waals surface area (Å²) in [6.07, 6.45) is 4.99. The van der Waals surface area contributed by atoms with Crippen molar-refractivity contribution in [3.05, 3.63) is 82.6 Å². The number of rotatable bonds is 4. The molecular formula is C26H23ClN4O3. The highest BCUT2D eigenvalue weighted by atomic mass is 35.5. The number of halogens is 1. The summed E-state index contributed by atoms with van der Waals surface area (Å²) < 4.78 is 0. The third-order valence-electron chi connectivity index (χ3n) is 6.64. The van der Waals surface area contributed by atoms with E-state index >= 15 is 0 Å². The molecule has 0 radical (unpaired) electrons. The summed E-state index contributed by atoms with van der Waals surface area (Å²) in [6.45, 7) is 2.73. The molecule has 2 atom stereocenters. The average molecular weight is 475 g/mol. The molecule has 3 heterocycles. The fourth-order valence-corrected chi connectivity index (χ4v) is 5.03. The lowest BCUT2D eigenvalue weighted by Gasteiger charge is -2.41. The van der Waals surface area contributed by atoms with Gasteiger partial charge in [0.1, 0.15) is 0 Å². The second-order valence-corrected chi connectivity index (χ2v) is 9.15. The Balaban J connectivity index is 1.48. The molecule has 0 aliphatic carbocycles. The van der Waals surface area contributed by atoms with Crippen LogP contribution in [0, 0.1) is 5.92 Å². The second-order valence-electron chi connectivity index (χ2n) is 8.71. The minimum atomic E-state index is -0.313. The summed E-state index contributed by atoms with van der Waals surface area (Å²) in [7, 11) is 0. The molecule has 0 saturated carbocycles. The van der Waals surface area contributed by atoms with E-state index in [0.29, 0.717) is 39.6 Å². The van der Waals surface area contributed by atoms with Crippen molar-refractivity contribution in [3.8, 4) is 11.4 Å². The van der Waals surface area contributed by atoms with Crippen LogP contribution >= 0.6 is 11.6 Å². The van der Waals surface area contributed by atoms with Crippen molar-refractivity contribution in [2.45, 2.75) is 25.8 Å². The highest BCUT2D eigenvalue weighted by molar-refractivity contribution is 6.31. The minimum Gasteiger partial charge on any atom is -0.334 e. The van der Waals surface area contributed by atoms with Crippen LogP contribution in [0.1, 0.15) is 50.8 Å². The van der Waals surface area contributed by atoms with Crippen LogP contribution in [-0.2, 0) is 0 Å². The van der Waals surface area contributed by atoms with Gasteiger partial charge in [0.15, 0.2) is 5.82 Å². The summed E-state index contributed by atoms with van der Waals surface area (Å²) in [5, 5.41) is 0.435. The van der Waals surface area contributed by atoms with Crippen molar-refractivity contribution in [3.63, 3.8) is 0 Å². The molecule has 5 rings (SSSR count). The van der Waals surface area contributed by atoms with Gasteiger partial charge < -0.3 is 4.90 Å². The molecule has 2 aliphatic heterocycles. The van der Waals surface area contributed by atoms with Crippen LogP contribution in [0.5, 0.6) is 0 Å². The quantitative estimate of drug-likeness (QED) is 0.525. The van der Waals surface area contributed by atoms with E-state index in [1.807, 2.05) is 0 Å². The molecule has 7 nitrogen and oxygen atoms in total. The number of imide groups is 1. The lowest BCUT2D eigenvalue weighted by molar-refractivity contribution is 0.0369. The molecule has 0 N–H and O–H groups in total. The molecule has 3 amide bonds. The van der Waals surface area contributed by atoms with Gasteiger partial charge in [0.2, 0.25) is 0 Å². The summed E-state index contributed by atoms with van der Waals surface area (Å²) in [4.78, 5) is 51.5. The van der Waals surface area contributed by atoms with Gasteiger partial charge in [-0.15, -0.1) is 0 Å². The van der Waals surface area contributed by atoms with E-state index < -0.39 is 0 Å². The first kappa shape index (κ1) is 22.2. The number of aromatic nitrogens is 2. The number of benzene rings is 2. The fourth-order valence-electron chi connectivity index (χ4n) is 4.85. The normalized spacial score (nSPS) is 19.9. The Morgan fingerprint density at radius 1 is 1.00 bits per heavy atom. The number of hydrogen-bond donors (Lipinski definition) is 0. The average Bonchev–Trinajstić information content (AvgIpc) is 3.10. The Hall–Kier alpha value is -3.58. The molecular weight excluding hydrogens is 452 g/mol. The number of carbonyl (C=O) groups excluding carboxylic acids is 3. The first-order valence-corrected chi connectivity index (χ1v) is 11.7. The third-order valence-corrected chi connectivity index (χ3v) is 6.88. The van der Waals surface area contributed by atoms with E-state index in [1.54, 1.807) is 65.8 Å². The summed E-state index contributed by atoms with van der Waals surface area (Å²) >= 11 is 6.27. The Kier molecular flexibility index (Phi) is 5.87. The van der Waals surface area contributed by atoms with Crippen LogP contribution in [-0.4, -0.2) is 56.6 Å². The number of amides is 3. The molecule has 3 aromatic rings. The molecule has 8 heteroatoms. The largest absolute Gasteiger partial charge is 0.334 e. The topological polar surface area (TPSA) is 83.5 Å². The molecule has 1 aromatic heterocycles. The van der Waals surface area contributed by atoms with Crippen LogP contribution in [0.3, 0.4) is 0 Å². The first-order chi connectivity index (χ1) is 16.5. The summed E-state index contributed by atoms with van der Waals surface area (Å²) in [5.41, 5.74) is 1.81. The SMILES string of the molecule is C[C@@H]1CCCN(C(=O)c2cc(Cl)ccc2-c2ncccn2)C1CN1C(=O)c2ccccc2C1=O. The Bertz CT molecular complexity index is 1250. The van der Waals surface area contributed by atoms with Crippen molar-refractivity contribution >= 4 is 29.3 Å². The van der Waals surface area contributed by atoms with Crippen LogP contribution in [0.2, 0.25) is 5.02 Å². The second kappa shape index (κ2) is 8.99. The zero-order chi connectivity index (χ0) is 23.8. The summed E-state index contributed by atoms with van der Waals surface area (Å²) in [5.74, 6) is -0.293. The standard InChI is InChI=1S/C26H23ClN4O3/c1-16-6-4-13-30(22(16)15-31-24(32)19-7-2-3-8-20(19)25(31)33)26(34)21-14-17(27)9-10-18(21)23-28-11-5-12-29-23/h2-3,5,7-12,14,16,22H,4,6,13,15H2,1H3/t16-,22?/m1/s1. The molecule has 34 heavy (non-hydrogen) atoms. The van der Waals surface area contributed by atoms with Crippen molar-refractivity contribution in [2.24, 2.45) is 5.92 Å². The monoisotopic (exact) mass is 474 g/mol. The number of fused-ring (bicyclic) bond motifs is 1. The molecule has 1 saturated heterocycles. The number of carbonyl (C=O) groups is 3. The van der Waals surface area contributed by atoms with Crippen molar-refractivity contribution in [1.82, 2.24) is 19.8 Å². The predicted molar refractivity (Wildman–Crippen MR) is 128 cm³/mol. The maximum absolute atomic E-state index is 13.9. The van der Waals surface area contributed by atoms with E-state index in [2.05, 4.69) is 16.9 Å². The third kappa shape index (κ3) is 3.86. The van der Waals surface area contributed by atoms with Crippen LogP contribution < -0.4 is 0 Å². The van der Waals surface area contributed by atoms with Crippen molar-refractivity contribution in [1.29, 1.82) is 0 Å². The van der Waals surface area contributed by atoms with Gasteiger partial charge in [-0.3, -0.25) is 19.3 Å². The Morgan fingerprint density at radius 3 is 2.35 bits per heavy atom. The van der Waals surface area contributed by atoms with Crippen molar-refractivity contribution < 1.29 is 14.4 Å². The molecule has 1 fully saturated rings. The molecule has 2 aliphatic rings. The maximum Gasteiger partial charge on any atom is 0.261 e. The number of likely N-dealkylation sites (tertiary alicyclic amines) is 1. The Morgan fingerprint density at radius 2 is 1.68 bits per heavy atom. The van der Waals surface area contributed by atoms with E-state index in [4.69, 9.17) is 11.6 Å². The van der Waals surface area contributed by atoms with E-state index in [1.165, 1.54) is 4.90 Å². The van der Waals surface area contributed by atoms with Gasteiger partial charge in [-0.25, -0.2) is 9.97 Å². The van der Waals surface area contributed by atoms with Gasteiger partial charge in [-0.2, -0.15) is 0 Å². The lowest BCUT2D eigenvalue weighted by atomic mass is 9.89. The van der Waals surface area contributed by atoms with Gasteiger partial charge >= 0.3 is 0 Å². The molecule has 172 valence electrons. The Labute approximate surface area is 202 Å². The minimum absolute atomic E-state index is 0.109. The molecule has 2 aromatic carbocycles. The number of nitrogens with zero attached hydrogens (tertiary/aromatic N) is 4. The highest BCUT2D eigenvalue weighted by Crippen LogP contribution is 2.32. The van der Waals surface area contributed by atoms with E-state index in [0.717, 1.165) is 12.8 Å². The smallest absolute Gasteiger partial charge is 0.261 e. The number of piperidine rings is 1. The molecule has 0 spiro atoms. The first-order valence-electron chi connectivity index (χ1n) is 11.3. The van der Waals surface area contributed by atoms with Crippen molar-refractivity contribution in [2.75, 3.05) is 13.1 Å². The zero-order valence-electron chi connectivity index (χ0n) is 18.6. The van der Waals surface area contributed by atoms with Gasteiger partial charge in [0.25, 0.3) is 17.7 Å². The molecule has 1 unspecified atom stereocenters. The molecule has 0 bridgehead atoms. The highest BCUT2D eigenvalue weighted by Gasteiger charge is 2.41. The van der Waals surface area contributed by atoms with Crippen LogP contribution in [0.15, 0.2) is 60.9 Å². The zero-order valence-corrected chi connectivity index (χ0v) is 19.4. The van der Waals surface area contributed by atoms with E-state index in [-0.39, 0.29) is 36.2 Å². The van der Waals surface area contributed by atoms with Crippen LogP contribution in [0.4, 0.5) is 0 Å². The summed E-state index contributed by atoms with van der Waals surface area (Å²) in [6, 6.07) is 13.3. The predicted octanol–water partition coefficient (Wildman–Crippen LogP) is 4.33. The van der Waals surface area contributed by atoms with Crippen LogP contribution in [0.25, 0.3) is 11.4 Å². The maximum atomic E-state index is 13.9.